The number of ether oxygens (including phenoxy) is 1. The highest BCUT2D eigenvalue weighted by Crippen LogP contribution is 2.28. The smallest absolute Gasteiger partial charge is 0.262 e. The molecule has 0 aliphatic carbocycles. The van der Waals surface area contributed by atoms with E-state index in [-0.39, 0.29) is 12.3 Å². The summed E-state index contributed by atoms with van der Waals surface area (Å²) in [6, 6.07) is 8.80. The van der Waals surface area contributed by atoms with Gasteiger partial charge >= 0.3 is 0 Å². The predicted molar refractivity (Wildman–Crippen MR) is 88.7 cm³/mol. The summed E-state index contributed by atoms with van der Waals surface area (Å²) in [6.07, 6.45) is 0. The number of nitrogens with one attached hydrogen (secondary N) is 1. The average molecular weight is 384 g/mol. The molecule has 1 amide bonds. The molecular weight excluding hydrogens is 368 g/mol. The SMILES string of the molecule is CC(C)c1ccc(OCC(=O)Nc2ccc(F)c(F)c2)c(Br)c1. The number of carbonyl (C=O) groups excluding carboxylic acids is 1. The van der Waals surface area contributed by atoms with Crippen LogP contribution in [0.3, 0.4) is 0 Å². The normalized spacial score (nSPS) is 10.7. The quantitative estimate of drug-likeness (QED) is 0.799. The standard InChI is InChI=1S/C17H16BrF2NO2/c1-10(2)11-3-6-16(13(18)7-11)23-9-17(22)21-12-4-5-14(19)15(20)8-12/h3-8,10H,9H2,1-2H3,(H,21,22). The van der Waals surface area contributed by atoms with Crippen molar-refractivity contribution in [1.82, 2.24) is 0 Å². The van der Waals surface area contributed by atoms with Crippen LogP contribution in [0.2, 0.25) is 0 Å². The molecule has 0 atom stereocenters. The molecule has 0 unspecified atom stereocenters. The largest absolute Gasteiger partial charge is 0.483 e. The molecule has 0 spiro atoms. The molecule has 0 aliphatic heterocycles. The van der Waals surface area contributed by atoms with Crippen molar-refractivity contribution in [1.29, 1.82) is 0 Å². The minimum Gasteiger partial charge on any atom is -0.483 e. The zero-order valence-corrected chi connectivity index (χ0v) is 14.3. The number of hydrogen-bond acceptors (Lipinski definition) is 2. The number of halogens is 3. The Balaban J connectivity index is 1.95. The lowest BCUT2D eigenvalue weighted by Crippen LogP contribution is -2.20. The summed E-state index contributed by atoms with van der Waals surface area (Å²) in [5.41, 5.74) is 1.32. The van der Waals surface area contributed by atoms with E-state index < -0.39 is 17.5 Å². The van der Waals surface area contributed by atoms with Gasteiger partial charge in [-0.1, -0.05) is 19.9 Å². The second-order valence-electron chi connectivity index (χ2n) is 5.31. The number of anilines is 1. The maximum absolute atomic E-state index is 13.1. The van der Waals surface area contributed by atoms with Crippen molar-refractivity contribution in [2.24, 2.45) is 0 Å². The Morgan fingerprint density at radius 1 is 1.17 bits per heavy atom. The van der Waals surface area contributed by atoms with E-state index in [1.54, 1.807) is 6.07 Å². The van der Waals surface area contributed by atoms with Crippen LogP contribution in [0.4, 0.5) is 14.5 Å². The summed E-state index contributed by atoms with van der Waals surface area (Å²) in [4.78, 5) is 11.8. The van der Waals surface area contributed by atoms with Gasteiger partial charge in [0.2, 0.25) is 0 Å². The van der Waals surface area contributed by atoms with Crippen LogP contribution >= 0.6 is 15.9 Å². The Hall–Kier alpha value is -1.95. The van der Waals surface area contributed by atoms with Crippen LogP contribution in [-0.2, 0) is 4.79 Å². The van der Waals surface area contributed by atoms with Crippen molar-refractivity contribution in [3.8, 4) is 5.75 Å². The maximum atomic E-state index is 13.1. The van der Waals surface area contributed by atoms with Crippen LogP contribution in [0, 0.1) is 11.6 Å². The van der Waals surface area contributed by atoms with Crippen molar-refractivity contribution < 1.29 is 18.3 Å². The molecule has 0 saturated carbocycles. The Bertz CT molecular complexity index is 720. The molecular formula is C17H16BrF2NO2. The van der Waals surface area contributed by atoms with E-state index in [9.17, 15) is 13.6 Å². The minimum atomic E-state index is -1.02. The molecule has 0 aromatic heterocycles. The van der Waals surface area contributed by atoms with Gasteiger partial charge in [0, 0.05) is 11.8 Å². The lowest BCUT2D eigenvalue weighted by Gasteiger charge is -2.11. The third-order valence-electron chi connectivity index (χ3n) is 3.18. The molecule has 0 bridgehead atoms. The van der Waals surface area contributed by atoms with E-state index in [0.29, 0.717) is 11.7 Å². The number of hydrogen-bond donors (Lipinski definition) is 1. The molecule has 1 N–H and O–H groups in total. The molecule has 122 valence electrons. The van der Waals surface area contributed by atoms with Crippen molar-refractivity contribution in [3.63, 3.8) is 0 Å². The van der Waals surface area contributed by atoms with Gasteiger partial charge < -0.3 is 10.1 Å². The third-order valence-corrected chi connectivity index (χ3v) is 3.80. The van der Waals surface area contributed by atoms with E-state index in [4.69, 9.17) is 4.74 Å². The van der Waals surface area contributed by atoms with Crippen LogP contribution in [0.5, 0.6) is 5.75 Å². The second-order valence-corrected chi connectivity index (χ2v) is 6.16. The lowest BCUT2D eigenvalue weighted by atomic mass is 10.0. The molecule has 2 aromatic carbocycles. The topological polar surface area (TPSA) is 38.3 Å². The highest BCUT2D eigenvalue weighted by Gasteiger charge is 2.09. The van der Waals surface area contributed by atoms with Gasteiger partial charge in [-0.3, -0.25) is 4.79 Å². The molecule has 2 aromatic rings. The fourth-order valence-electron chi connectivity index (χ4n) is 1.91. The molecule has 0 radical (unpaired) electrons. The second kappa shape index (κ2) is 7.55. The molecule has 0 heterocycles. The zero-order valence-electron chi connectivity index (χ0n) is 12.7. The van der Waals surface area contributed by atoms with Crippen molar-refractivity contribution in [3.05, 3.63) is 58.1 Å². The molecule has 0 fully saturated rings. The first-order valence-corrected chi connectivity index (χ1v) is 7.83. The van der Waals surface area contributed by atoms with Gasteiger partial charge in [-0.05, 0) is 51.7 Å². The number of amides is 1. The van der Waals surface area contributed by atoms with Crippen LogP contribution in [0.1, 0.15) is 25.3 Å². The monoisotopic (exact) mass is 383 g/mol. The molecule has 6 heteroatoms. The summed E-state index contributed by atoms with van der Waals surface area (Å²) in [7, 11) is 0. The lowest BCUT2D eigenvalue weighted by molar-refractivity contribution is -0.118. The van der Waals surface area contributed by atoms with Crippen LogP contribution in [0.25, 0.3) is 0 Å². The van der Waals surface area contributed by atoms with Gasteiger partial charge in [0.05, 0.1) is 4.47 Å². The Morgan fingerprint density at radius 3 is 2.52 bits per heavy atom. The van der Waals surface area contributed by atoms with Crippen molar-refractivity contribution in [2.75, 3.05) is 11.9 Å². The summed E-state index contributed by atoms with van der Waals surface area (Å²) >= 11 is 3.40. The zero-order chi connectivity index (χ0) is 17.0. The van der Waals surface area contributed by atoms with Gasteiger partial charge in [-0.2, -0.15) is 0 Å². The number of carbonyl (C=O) groups is 1. The summed E-state index contributed by atoms with van der Waals surface area (Å²) < 4.78 is 32.1. The average Bonchev–Trinajstić information content (AvgIpc) is 2.49. The fraction of sp³-hybridized carbons (Fsp3) is 0.235. The van der Waals surface area contributed by atoms with Crippen molar-refractivity contribution in [2.45, 2.75) is 19.8 Å². The van der Waals surface area contributed by atoms with Gasteiger partial charge in [0.15, 0.2) is 18.2 Å². The highest BCUT2D eigenvalue weighted by molar-refractivity contribution is 9.10. The predicted octanol–water partition coefficient (Wildman–Crippen LogP) is 4.87. The molecule has 2 rings (SSSR count). The summed E-state index contributed by atoms with van der Waals surface area (Å²) in [5.74, 6) is -1.52. The van der Waals surface area contributed by atoms with E-state index in [1.807, 2.05) is 12.1 Å². The molecule has 0 aliphatic rings. The Morgan fingerprint density at radius 2 is 1.91 bits per heavy atom. The Kier molecular flexibility index (Phi) is 5.71. The van der Waals surface area contributed by atoms with Crippen molar-refractivity contribution >= 4 is 27.5 Å². The van der Waals surface area contributed by atoms with E-state index in [1.165, 1.54) is 6.07 Å². The van der Waals surface area contributed by atoms with Crippen LogP contribution in [0.15, 0.2) is 40.9 Å². The van der Waals surface area contributed by atoms with Crippen LogP contribution in [-0.4, -0.2) is 12.5 Å². The summed E-state index contributed by atoms with van der Waals surface area (Å²) in [6.45, 7) is 3.92. The molecule has 0 saturated heterocycles. The first kappa shape index (κ1) is 17.4. The molecule has 3 nitrogen and oxygen atoms in total. The first-order chi connectivity index (χ1) is 10.9. The fourth-order valence-corrected chi connectivity index (χ4v) is 2.42. The highest BCUT2D eigenvalue weighted by atomic mass is 79.9. The number of benzene rings is 2. The van der Waals surface area contributed by atoms with Gasteiger partial charge in [0.1, 0.15) is 5.75 Å². The van der Waals surface area contributed by atoms with E-state index >= 15 is 0 Å². The van der Waals surface area contributed by atoms with Gasteiger partial charge in [0.25, 0.3) is 5.91 Å². The minimum absolute atomic E-state index is 0.173. The Labute approximate surface area is 141 Å². The van der Waals surface area contributed by atoms with E-state index in [2.05, 4.69) is 35.1 Å². The first-order valence-electron chi connectivity index (χ1n) is 7.04. The number of rotatable bonds is 5. The van der Waals surface area contributed by atoms with E-state index in [0.717, 1.165) is 22.2 Å². The maximum Gasteiger partial charge on any atom is 0.262 e. The van der Waals surface area contributed by atoms with Gasteiger partial charge in [-0.25, -0.2) is 8.78 Å². The molecule has 23 heavy (non-hydrogen) atoms. The summed E-state index contributed by atoms with van der Waals surface area (Å²) in [5, 5.41) is 2.44. The van der Waals surface area contributed by atoms with Gasteiger partial charge in [-0.15, -0.1) is 0 Å². The van der Waals surface area contributed by atoms with Crippen LogP contribution < -0.4 is 10.1 Å². The third kappa shape index (κ3) is 4.76.